The Bertz CT molecular complexity index is 912. The molecule has 7 nitrogen and oxygen atoms in total. The Morgan fingerprint density at radius 1 is 1.27 bits per heavy atom. The number of aryl methyl sites for hydroxylation is 1. The van der Waals surface area contributed by atoms with Crippen molar-refractivity contribution in [1.29, 1.82) is 0 Å². The molecule has 1 saturated heterocycles. The lowest BCUT2D eigenvalue weighted by atomic mass is 10.1. The first kappa shape index (κ1) is 17.0. The van der Waals surface area contributed by atoms with E-state index in [1.54, 1.807) is 23.3 Å². The number of amides is 1. The summed E-state index contributed by atoms with van der Waals surface area (Å²) in [6.45, 7) is 0.504. The Kier molecular flexibility index (Phi) is 4.83. The molecule has 26 heavy (non-hydrogen) atoms. The van der Waals surface area contributed by atoms with Gasteiger partial charge in [-0.3, -0.25) is 14.5 Å². The van der Waals surface area contributed by atoms with Gasteiger partial charge in [0, 0.05) is 41.7 Å². The number of hydrogen-bond acceptors (Lipinski definition) is 5. The number of carbonyl (C=O) groups excluding carboxylic acids is 1. The van der Waals surface area contributed by atoms with Gasteiger partial charge in [-0.2, -0.15) is 5.10 Å². The van der Waals surface area contributed by atoms with Crippen molar-refractivity contribution in [2.45, 2.75) is 31.6 Å². The molecular formula is C18H19ClN6O. The van der Waals surface area contributed by atoms with Crippen LogP contribution >= 0.6 is 11.6 Å². The van der Waals surface area contributed by atoms with Crippen LogP contribution in [0.15, 0.2) is 48.9 Å². The summed E-state index contributed by atoms with van der Waals surface area (Å²) >= 11 is 6.05. The minimum Gasteiger partial charge on any atom is -0.339 e. The number of aromatic nitrogens is 3. The van der Waals surface area contributed by atoms with Gasteiger partial charge in [-0.05, 0) is 35.9 Å². The number of hydrogen-bond donors (Lipinski definition) is 3. The zero-order chi connectivity index (χ0) is 17.9. The summed E-state index contributed by atoms with van der Waals surface area (Å²) in [4.78, 5) is 16.3. The van der Waals surface area contributed by atoms with E-state index < -0.39 is 0 Å². The van der Waals surface area contributed by atoms with E-state index in [0.29, 0.717) is 18.0 Å². The molecule has 1 aromatic carbocycles. The third-order valence-electron chi connectivity index (χ3n) is 4.50. The number of halogens is 1. The Hall–Kier alpha value is -2.48. The molecule has 3 heterocycles. The Morgan fingerprint density at radius 2 is 2.12 bits per heavy atom. The first-order chi connectivity index (χ1) is 12.7. The highest BCUT2D eigenvalue weighted by Crippen LogP contribution is 2.21. The standard InChI is InChI=1S/C18H19ClN6O/c19-14-2-1-13-11-21-25(16(13)9-14)8-5-18(26)22-17-10-15(23-24-17)12-3-6-20-7-4-12/h1-4,6-7,9,11,15,17,23-24H,5,8,10H2,(H,22,26). The van der Waals surface area contributed by atoms with Gasteiger partial charge in [0.1, 0.15) is 0 Å². The minimum atomic E-state index is -0.107. The lowest BCUT2D eigenvalue weighted by Crippen LogP contribution is -2.44. The predicted molar refractivity (Wildman–Crippen MR) is 99.2 cm³/mol. The van der Waals surface area contributed by atoms with Crippen LogP contribution in [0.4, 0.5) is 0 Å². The second kappa shape index (κ2) is 7.41. The smallest absolute Gasteiger partial charge is 0.223 e. The fraction of sp³-hybridized carbons (Fsp3) is 0.278. The lowest BCUT2D eigenvalue weighted by Gasteiger charge is -2.12. The second-order valence-corrected chi connectivity index (χ2v) is 6.73. The van der Waals surface area contributed by atoms with E-state index in [1.807, 2.05) is 30.3 Å². The van der Waals surface area contributed by atoms with Gasteiger partial charge in [-0.1, -0.05) is 11.6 Å². The molecule has 3 aromatic rings. The molecule has 0 radical (unpaired) electrons. The summed E-state index contributed by atoms with van der Waals surface area (Å²) in [7, 11) is 0. The largest absolute Gasteiger partial charge is 0.339 e. The zero-order valence-corrected chi connectivity index (χ0v) is 14.8. The molecule has 1 aliphatic heterocycles. The van der Waals surface area contributed by atoms with E-state index in [1.165, 1.54) is 0 Å². The summed E-state index contributed by atoms with van der Waals surface area (Å²) in [5, 5.41) is 9.01. The monoisotopic (exact) mass is 370 g/mol. The van der Waals surface area contributed by atoms with Crippen LogP contribution in [0.5, 0.6) is 0 Å². The molecule has 1 aliphatic rings. The highest BCUT2D eigenvalue weighted by atomic mass is 35.5. The maximum atomic E-state index is 12.3. The third kappa shape index (κ3) is 3.70. The van der Waals surface area contributed by atoms with E-state index in [-0.39, 0.29) is 18.1 Å². The molecule has 134 valence electrons. The van der Waals surface area contributed by atoms with E-state index in [0.717, 1.165) is 22.9 Å². The van der Waals surface area contributed by atoms with Crippen LogP contribution < -0.4 is 16.2 Å². The number of hydrazine groups is 1. The predicted octanol–water partition coefficient (Wildman–Crippen LogP) is 2.16. The number of carbonyl (C=O) groups is 1. The van der Waals surface area contributed by atoms with Gasteiger partial charge in [0.05, 0.1) is 24.4 Å². The van der Waals surface area contributed by atoms with Crippen LogP contribution in [0.2, 0.25) is 5.02 Å². The molecule has 4 rings (SSSR count). The van der Waals surface area contributed by atoms with E-state index in [2.05, 4.69) is 26.3 Å². The number of pyridine rings is 1. The Morgan fingerprint density at radius 3 is 2.96 bits per heavy atom. The van der Waals surface area contributed by atoms with Gasteiger partial charge in [0.15, 0.2) is 0 Å². The molecule has 1 fully saturated rings. The summed E-state index contributed by atoms with van der Waals surface area (Å²) in [5.41, 5.74) is 8.40. The van der Waals surface area contributed by atoms with Crippen molar-refractivity contribution in [3.8, 4) is 0 Å². The molecule has 0 aliphatic carbocycles. The lowest BCUT2D eigenvalue weighted by molar-refractivity contribution is -0.122. The summed E-state index contributed by atoms with van der Waals surface area (Å²) in [6.07, 6.45) is 6.33. The molecule has 0 spiro atoms. The van der Waals surface area contributed by atoms with Crippen LogP contribution in [-0.4, -0.2) is 26.8 Å². The maximum Gasteiger partial charge on any atom is 0.223 e. The van der Waals surface area contributed by atoms with E-state index >= 15 is 0 Å². The third-order valence-corrected chi connectivity index (χ3v) is 4.74. The van der Waals surface area contributed by atoms with Crippen LogP contribution in [-0.2, 0) is 11.3 Å². The highest BCUT2D eigenvalue weighted by Gasteiger charge is 2.25. The van der Waals surface area contributed by atoms with Crippen LogP contribution in [0.1, 0.15) is 24.4 Å². The van der Waals surface area contributed by atoms with Gasteiger partial charge < -0.3 is 5.32 Å². The first-order valence-electron chi connectivity index (χ1n) is 8.50. The SMILES string of the molecule is O=C(CCn1ncc2ccc(Cl)cc21)NC1CC(c2ccncc2)NN1. The molecule has 0 bridgehead atoms. The molecule has 2 atom stereocenters. The van der Waals surface area contributed by atoms with Crippen molar-refractivity contribution < 1.29 is 4.79 Å². The van der Waals surface area contributed by atoms with Gasteiger partial charge in [0.2, 0.25) is 5.91 Å². The molecule has 1 amide bonds. The van der Waals surface area contributed by atoms with E-state index in [4.69, 9.17) is 11.6 Å². The number of nitrogens with one attached hydrogen (secondary N) is 3. The topological polar surface area (TPSA) is 83.9 Å². The summed E-state index contributed by atoms with van der Waals surface area (Å²) < 4.78 is 1.81. The minimum absolute atomic E-state index is 0.0228. The van der Waals surface area contributed by atoms with Crippen molar-refractivity contribution in [2.75, 3.05) is 0 Å². The number of fused-ring (bicyclic) bond motifs is 1. The first-order valence-corrected chi connectivity index (χ1v) is 8.88. The fourth-order valence-electron chi connectivity index (χ4n) is 3.16. The second-order valence-electron chi connectivity index (χ2n) is 6.30. The normalized spacial score (nSPS) is 19.7. The van der Waals surface area contributed by atoms with Crippen LogP contribution in [0.3, 0.4) is 0 Å². The van der Waals surface area contributed by atoms with Crippen LogP contribution in [0, 0.1) is 0 Å². The van der Waals surface area contributed by atoms with Crippen molar-refractivity contribution >= 4 is 28.4 Å². The average Bonchev–Trinajstić information content (AvgIpc) is 3.27. The Balaban J connectivity index is 1.31. The van der Waals surface area contributed by atoms with Crippen molar-refractivity contribution in [1.82, 2.24) is 30.9 Å². The number of rotatable bonds is 5. The van der Waals surface area contributed by atoms with Gasteiger partial charge in [-0.25, -0.2) is 10.9 Å². The fourth-order valence-corrected chi connectivity index (χ4v) is 3.33. The zero-order valence-electron chi connectivity index (χ0n) is 14.0. The maximum absolute atomic E-state index is 12.3. The molecular weight excluding hydrogens is 352 g/mol. The molecule has 0 saturated carbocycles. The van der Waals surface area contributed by atoms with E-state index in [9.17, 15) is 4.79 Å². The Labute approximate surface area is 155 Å². The van der Waals surface area contributed by atoms with Crippen LogP contribution in [0.25, 0.3) is 10.9 Å². The van der Waals surface area contributed by atoms with Crippen molar-refractivity contribution in [3.05, 3.63) is 59.5 Å². The molecule has 3 N–H and O–H groups in total. The van der Waals surface area contributed by atoms with Crippen molar-refractivity contribution in [2.24, 2.45) is 0 Å². The quantitative estimate of drug-likeness (QED) is 0.641. The average molecular weight is 371 g/mol. The molecule has 8 heteroatoms. The molecule has 2 unspecified atom stereocenters. The van der Waals surface area contributed by atoms with Gasteiger partial charge in [0.25, 0.3) is 0 Å². The summed E-state index contributed by atoms with van der Waals surface area (Å²) in [6, 6.07) is 9.72. The van der Waals surface area contributed by atoms with Gasteiger partial charge in [-0.15, -0.1) is 0 Å². The number of nitrogens with zero attached hydrogens (tertiary/aromatic N) is 3. The van der Waals surface area contributed by atoms with Crippen molar-refractivity contribution in [3.63, 3.8) is 0 Å². The summed E-state index contributed by atoms with van der Waals surface area (Å²) in [5.74, 6) is -0.0228. The highest BCUT2D eigenvalue weighted by molar-refractivity contribution is 6.31. The van der Waals surface area contributed by atoms with Gasteiger partial charge >= 0.3 is 0 Å². The number of benzene rings is 1. The molecule has 2 aromatic heterocycles.